The molecule has 0 radical (unpaired) electrons. The Hall–Kier alpha value is -2.95. The molecule has 0 saturated heterocycles. The van der Waals surface area contributed by atoms with Gasteiger partial charge >= 0.3 is 0 Å². The average molecular weight is 307 g/mol. The second-order valence-electron chi connectivity index (χ2n) is 5.75. The Morgan fingerprint density at radius 2 is 1.87 bits per heavy atom. The highest BCUT2D eigenvalue weighted by molar-refractivity contribution is 5.89. The number of nitrogens with zero attached hydrogens (tertiary/aromatic N) is 1. The van der Waals surface area contributed by atoms with Crippen LogP contribution in [0, 0.1) is 0 Å². The van der Waals surface area contributed by atoms with Gasteiger partial charge in [-0.1, -0.05) is 0 Å². The van der Waals surface area contributed by atoms with Crippen molar-refractivity contribution in [1.29, 1.82) is 0 Å². The Labute approximate surface area is 132 Å². The zero-order valence-corrected chi connectivity index (χ0v) is 12.4. The van der Waals surface area contributed by atoms with E-state index >= 15 is 0 Å². The van der Waals surface area contributed by atoms with Crippen molar-refractivity contribution in [2.75, 3.05) is 13.9 Å². The molecule has 2 aliphatic rings. The number of aromatic nitrogens is 1. The van der Waals surface area contributed by atoms with Crippen molar-refractivity contribution < 1.29 is 19.3 Å². The van der Waals surface area contributed by atoms with Crippen LogP contribution in [0.5, 0.6) is 23.0 Å². The summed E-state index contributed by atoms with van der Waals surface area (Å²) in [5.41, 5.74) is 4.97. The van der Waals surface area contributed by atoms with E-state index < -0.39 is 0 Å². The highest BCUT2D eigenvalue weighted by atomic mass is 16.7. The second-order valence-corrected chi connectivity index (χ2v) is 5.75. The summed E-state index contributed by atoms with van der Waals surface area (Å²) >= 11 is 0. The molecule has 0 fully saturated rings. The Morgan fingerprint density at radius 3 is 2.70 bits per heavy atom. The van der Waals surface area contributed by atoms with Gasteiger partial charge in [0.25, 0.3) is 0 Å². The number of rotatable bonds is 1. The zero-order chi connectivity index (χ0) is 15.6. The van der Waals surface area contributed by atoms with Crippen LogP contribution in [0.25, 0.3) is 22.2 Å². The van der Waals surface area contributed by atoms with Crippen molar-refractivity contribution >= 4 is 10.9 Å². The third-order valence-electron chi connectivity index (χ3n) is 4.43. The lowest BCUT2D eigenvalue weighted by Gasteiger charge is -2.07. The fourth-order valence-electron chi connectivity index (χ4n) is 3.32. The first kappa shape index (κ1) is 12.6. The number of hydrogen-bond acceptors (Lipinski definition) is 5. The minimum Gasteiger partial charge on any atom is -0.504 e. The first-order valence-corrected chi connectivity index (χ1v) is 7.36. The number of fused-ring (bicyclic) bond motifs is 5. The molecule has 1 aromatic heterocycles. The summed E-state index contributed by atoms with van der Waals surface area (Å²) in [5, 5.41) is 11.1. The summed E-state index contributed by atoms with van der Waals surface area (Å²) in [5.74, 6) is 2.10. The maximum Gasteiger partial charge on any atom is 0.231 e. The van der Waals surface area contributed by atoms with E-state index in [2.05, 4.69) is 6.07 Å². The lowest BCUT2D eigenvalue weighted by atomic mass is 10.1. The number of hydrogen-bond donors (Lipinski definition) is 1. The van der Waals surface area contributed by atoms with Crippen LogP contribution in [-0.2, 0) is 6.42 Å². The topological polar surface area (TPSA) is 60.8 Å². The monoisotopic (exact) mass is 307 g/mol. The fraction of sp³-hybridized carbons (Fsp3) is 0.167. The van der Waals surface area contributed by atoms with Crippen LogP contribution in [0.2, 0.25) is 0 Å². The molecular formula is C18H13NO4. The molecule has 2 heterocycles. The molecular weight excluding hydrogens is 294 g/mol. The van der Waals surface area contributed by atoms with Crippen LogP contribution in [0.4, 0.5) is 0 Å². The van der Waals surface area contributed by atoms with Gasteiger partial charge < -0.3 is 19.3 Å². The summed E-state index contributed by atoms with van der Waals surface area (Å²) in [4.78, 5) is 4.78. The highest BCUT2D eigenvalue weighted by Crippen LogP contribution is 2.43. The third kappa shape index (κ3) is 1.70. The van der Waals surface area contributed by atoms with Gasteiger partial charge in [-0.3, -0.25) is 0 Å². The smallest absolute Gasteiger partial charge is 0.231 e. The van der Waals surface area contributed by atoms with E-state index in [4.69, 9.17) is 19.2 Å². The fourth-order valence-corrected chi connectivity index (χ4v) is 3.32. The molecule has 0 atom stereocenters. The summed E-state index contributed by atoms with van der Waals surface area (Å²) in [6.45, 7) is 0.252. The number of phenols is 1. The summed E-state index contributed by atoms with van der Waals surface area (Å²) < 4.78 is 16.1. The van der Waals surface area contributed by atoms with Crippen LogP contribution in [0.1, 0.15) is 11.1 Å². The van der Waals surface area contributed by atoms with Gasteiger partial charge in [0.1, 0.15) is 0 Å². The SMILES string of the molecule is COc1cc2c(cc1O)-c1nc3cc4c(cc3cc1C2)OCO4. The molecule has 0 bridgehead atoms. The Balaban J connectivity index is 1.73. The lowest BCUT2D eigenvalue weighted by Crippen LogP contribution is -1.92. The van der Waals surface area contributed by atoms with Gasteiger partial charge in [-0.25, -0.2) is 4.98 Å². The molecule has 5 nitrogen and oxygen atoms in total. The molecule has 23 heavy (non-hydrogen) atoms. The zero-order valence-electron chi connectivity index (χ0n) is 12.4. The van der Waals surface area contributed by atoms with Crippen LogP contribution in [0.15, 0.2) is 30.3 Å². The van der Waals surface area contributed by atoms with Gasteiger partial charge in [-0.15, -0.1) is 0 Å². The number of pyridine rings is 1. The second kappa shape index (κ2) is 4.29. The molecule has 1 aliphatic heterocycles. The summed E-state index contributed by atoms with van der Waals surface area (Å²) in [6, 6.07) is 9.60. The van der Waals surface area contributed by atoms with E-state index in [0.29, 0.717) is 5.75 Å². The molecule has 1 N–H and O–H groups in total. The van der Waals surface area contributed by atoms with Crippen molar-refractivity contribution in [2.24, 2.45) is 0 Å². The van der Waals surface area contributed by atoms with Crippen LogP contribution in [0.3, 0.4) is 0 Å². The van der Waals surface area contributed by atoms with Crippen molar-refractivity contribution in [3.63, 3.8) is 0 Å². The Kier molecular flexibility index (Phi) is 2.34. The quantitative estimate of drug-likeness (QED) is 0.585. The normalized spacial score (nSPS) is 14.0. The minimum absolute atomic E-state index is 0.131. The maximum atomic E-state index is 10.1. The number of aromatic hydroxyl groups is 1. The first-order valence-electron chi connectivity index (χ1n) is 7.36. The molecule has 0 amide bonds. The van der Waals surface area contributed by atoms with Gasteiger partial charge in [0.05, 0.1) is 18.3 Å². The molecule has 114 valence electrons. The maximum absolute atomic E-state index is 10.1. The third-order valence-corrected chi connectivity index (χ3v) is 4.43. The predicted molar refractivity (Wildman–Crippen MR) is 84.3 cm³/mol. The number of ether oxygens (including phenoxy) is 3. The molecule has 5 rings (SSSR count). The molecule has 3 aromatic rings. The standard InChI is InChI=1S/C18H13NO4/c1-21-15-4-9-2-11-3-10-5-16-17(23-8-22-16)7-13(10)19-18(11)12(9)6-14(15)20/h3-7,20H,2,8H2,1H3. The Bertz CT molecular complexity index is 981. The molecule has 2 aromatic carbocycles. The van der Waals surface area contributed by atoms with E-state index in [1.165, 1.54) is 0 Å². The first-order chi connectivity index (χ1) is 11.2. The number of methoxy groups -OCH3 is 1. The number of phenolic OH excluding ortho intramolecular Hbond substituents is 1. The average Bonchev–Trinajstić information content (AvgIpc) is 3.13. The van der Waals surface area contributed by atoms with E-state index in [0.717, 1.165) is 51.2 Å². The van der Waals surface area contributed by atoms with Crippen LogP contribution in [-0.4, -0.2) is 24.0 Å². The van der Waals surface area contributed by atoms with Crippen molar-refractivity contribution in [1.82, 2.24) is 4.98 Å². The summed E-state index contributed by atoms with van der Waals surface area (Å²) in [6.07, 6.45) is 0.776. The van der Waals surface area contributed by atoms with Gasteiger partial charge in [0, 0.05) is 23.4 Å². The van der Waals surface area contributed by atoms with Crippen molar-refractivity contribution in [2.45, 2.75) is 6.42 Å². The van der Waals surface area contributed by atoms with E-state index in [-0.39, 0.29) is 12.5 Å². The Morgan fingerprint density at radius 1 is 1.04 bits per heavy atom. The molecule has 0 spiro atoms. The minimum atomic E-state index is 0.131. The van der Waals surface area contributed by atoms with Gasteiger partial charge in [-0.2, -0.15) is 0 Å². The molecule has 5 heteroatoms. The summed E-state index contributed by atoms with van der Waals surface area (Å²) in [7, 11) is 1.55. The van der Waals surface area contributed by atoms with E-state index in [9.17, 15) is 5.11 Å². The predicted octanol–water partition coefficient (Wildman–Crippen LogP) is 3.25. The van der Waals surface area contributed by atoms with E-state index in [1.807, 2.05) is 18.2 Å². The van der Waals surface area contributed by atoms with Gasteiger partial charge in [0.2, 0.25) is 6.79 Å². The van der Waals surface area contributed by atoms with Gasteiger partial charge in [0.15, 0.2) is 23.0 Å². The molecule has 1 aliphatic carbocycles. The lowest BCUT2D eigenvalue weighted by molar-refractivity contribution is 0.174. The van der Waals surface area contributed by atoms with E-state index in [1.54, 1.807) is 13.2 Å². The van der Waals surface area contributed by atoms with Crippen LogP contribution < -0.4 is 14.2 Å². The number of benzene rings is 2. The molecule has 0 saturated carbocycles. The van der Waals surface area contributed by atoms with Crippen molar-refractivity contribution in [3.8, 4) is 34.3 Å². The van der Waals surface area contributed by atoms with Crippen LogP contribution >= 0.6 is 0 Å². The van der Waals surface area contributed by atoms with Gasteiger partial charge in [-0.05, 0) is 35.4 Å². The van der Waals surface area contributed by atoms with Crippen molar-refractivity contribution in [3.05, 3.63) is 41.5 Å². The largest absolute Gasteiger partial charge is 0.504 e. The highest BCUT2D eigenvalue weighted by Gasteiger charge is 2.24. The molecule has 0 unspecified atom stereocenters.